The molecule has 2 aromatic carbocycles. The summed E-state index contributed by atoms with van der Waals surface area (Å²) in [7, 11) is -2.30. The first-order valence-corrected chi connectivity index (χ1v) is 12.7. The summed E-state index contributed by atoms with van der Waals surface area (Å²) in [5.41, 5.74) is 2.23. The molecule has 33 heavy (non-hydrogen) atoms. The molecule has 2 amide bonds. The van der Waals surface area contributed by atoms with Gasteiger partial charge in [0.25, 0.3) is 0 Å². The van der Waals surface area contributed by atoms with Crippen molar-refractivity contribution in [1.29, 1.82) is 0 Å². The van der Waals surface area contributed by atoms with E-state index in [1.54, 1.807) is 31.2 Å². The molecule has 0 heterocycles. The predicted octanol–water partition coefficient (Wildman–Crippen LogP) is 2.71. The zero-order valence-electron chi connectivity index (χ0n) is 19.9. The summed E-state index contributed by atoms with van der Waals surface area (Å²) in [6.07, 6.45) is 1.81. The van der Waals surface area contributed by atoms with Gasteiger partial charge in [0, 0.05) is 19.2 Å². The average molecular weight is 476 g/mol. The maximum Gasteiger partial charge on any atom is 0.244 e. The highest BCUT2D eigenvalue weighted by Gasteiger charge is 2.30. The second-order valence-electron chi connectivity index (χ2n) is 7.95. The number of hydrogen-bond donors (Lipinski definition) is 1. The molecule has 1 N–H and O–H groups in total. The highest BCUT2D eigenvalue weighted by molar-refractivity contribution is 7.92. The molecule has 0 unspecified atom stereocenters. The SMILES string of the molecule is CCCNC(=O)[C@H](C)N(Cc1ccc(C)cc1)C(=O)CN(c1cccc(OC)c1)S(C)(=O)=O. The Labute approximate surface area is 196 Å². The Morgan fingerprint density at radius 1 is 1.12 bits per heavy atom. The number of nitrogens with zero attached hydrogens (tertiary/aromatic N) is 2. The van der Waals surface area contributed by atoms with Crippen molar-refractivity contribution in [1.82, 2.24) is 10.2 Å². The van der Waals surface area contributed by atoms with Crippen LogP contribution in [0.15, 0.2) is 48.5 Å². The fourth-order valence-electron chi connectivity index (χ4n) is 3.25. The van der Waals surface area contributed by atoms with Crippen LogP contribution in [-0.2, 0) is 26.2 Å². The lowest BCUT2D eigenvalue weighted by molar-refractivity contribution is -0.139. The van der Waals surface area contributed by atoms with Crippen LogP contribution >= 0.6 is 0 Å². The molecule has 8 nitrogen and oxygen atoms in total. The van der Waals surface area contributed by atoms with Crippen LogP contribution < -0.4 is 14.4 Å². The van der Waals surface area contributed by atoms with Gasteiger partial charge in [-0.05, 0) is 38.0 Å². The van der Waals surface area contributed by atoms with Crippen LogP contribution in [0.4, 0.5) is 5.69 Å². The van der Waals surface area contributed by atoms with Crippen molar-refractivity contribution in [3.8, 4) is 5.75 Å². The summed E-state index contributed by atoms with van der Waals surface area (Å²) in [6, 6.07) is 13.4. The first-order chi connectivity index (χ1) is 15.6. The number of amides is 2. The highest BCUT2D eigenvalue weighted by Crippen LogP contribution is 2.23. The molecule has 0 aliphatic rings. The number of benzene rings is 2. The lowest BCUT2D eigenvalue weighted by Crippen LogP contribution is -2.51. The molecule has 9 heteroatoms. The van der Waals surface area contributed by atoms with E-state index in [2.05, 4.69) is 5.32 Å². The molecule has 0 spiro atoms. The quantitative estimate of drug-likeness (QED) is 0.539. The van der Waals surface area contributed by atoms with Gasteiger partial charge in [-0.1, -0.05) is 42.8 Å². The third-order valence-corrected chi connectivity index (χ3v) is 6.35. The summed E-state index contributed by atoms with van der Waals surface area (Å²) in [4.78, 5) is 27.5. The number of carbonyl (C=O) groups is 2. The molecule has 0 saturated carbocycles. The maximum atomic E-state index is 13.4. The summed E-state index contributed by atoms with van der Waals surface area (Å²) >= 11 is 0. The minimum Gasteiger partial charge on any atom is -0.497 e. The van der Waals surface area contributed by atoms with Crippen LogP contribution in [0.25, 0.3) is 0 Å². The van der Waals surface area contributed by atoms with Gasteiger partial charge >= 0.3 is 0 Å². The van der Waals surface area contributed by atoms with Crippen molar-refractivity contribution in [3.63, 3.8) is 0 Å². The minimum atomic E-state index is -3.78. The second kappa shape index (κ2) is 11.7. The molecule has 1 atom stereocenters. The van der Waals surface area contributed by atoms with Gasteiger partial charge in [0.15, 0.2) is 0 Å². The fourth-order valence-corrected chi connectivity index (χ4v) is 4.09. The summed E-state index contributed by atoms with van der Waals surface area (Å²) < 4.78 is 31.4. The third kappa shape index (κ3) is 7.49. The average Bonchev–Trinajstić information content (AvgIpc) is 2.79. The molecule has 0 aromatic heterocycles. The molecule has 0 aliphatic carbocycles. The first kappa shape index (κ1) is 26.2. The van der Waals surface area contributed by atoms with E-state index in [1.165, 1.54) is 12.0 Å². The van der Waals surface area contributed by atoms with Crippen molar-refractivity contribution in [2.24, 2.45) is 0 Å². The Morgan fingerprint density at radius 2 is 1.79 bits per heavy atom. The normalized spacial score (nSPS) is 12.0. The van der Waals surface area contributed by atoms with Crippen molar-refractivity contribution >= 4 is 27.5 Å². The van der Waals surface area contributed by atoms with Crippen LogP contribution in [0, 0.1) is 6.92 Å². The lowest BCUT2D eigenvalue weighted by Gasteiger charge is -2.31. The summed E-state index contributed by atoms with van der Waals surface area (Å²) in [5, 5.41) is 2.81. The smallest absolute Gasteiger partial charge is 0.244 e. The van der Waals surface area contributed by atoms with Gasteiger partial charge in [0.1, 0.15) is 18.3 Å². The first-order valence-electron chi connectivity index (χ1n) is 10.8. The molecule has 0 aliphatic heterocycles. The largest absolute Gasteiger partial charge is 0.497 e. The van der Waals surface area contributed by atoms with Crippen LogP contribution in [0.1, 0.15) is 31.4 Å². The number of sulfonamides is 1. The minimum absolute atomic E-state index is 0.176. The number of anilines is 1. The number of rotatable bonds is 11. The van der Waals surface area contributed by atoms with Gasteiger partial charge in [-0.3, -0.25) is 13.9 Å². The van der Waals surface area contributed by atoms with E-state index < -0.39 is 28.5 Å². The molecule has 0 saturated heterocycles. The molecule has 2 aromatic rings. The van der Waals surface area contributed by atoms with Gasteiger partial charge in [0.05, 0.1) is 19.1 Å². The Balaban J connectivity index is 2.37. The Bertz CT molecular complexity index is 1050. The molecule has 2 rings (SSSR count). The number of nitrogens with one attached hydrogen (secondary N) is 1. The van der Waals surface area contributed by atoms with Crippen LogP contribution in [0.3, 0.4) is 0 Å². The molecule has 180 valence electrons. The van der Waals surface area contributed by atoms with Crippen molar-refractivity contribution in [2.45, 2.75) is 39.8 Å². The zero-order valence-corrected chi connectivity index (χ0v) is 20.7. The highest BCUT2D eigenvalue weighted by atomic mass is 32.2. The summed E-state index contributed by atoms with van der Waals surface area (Å²) in [5.74, 6) is -0.301. The predicted molar refractivity (Wildman–Crippen MR) is 130 cm³/mol. The number of ether oxygens (including phenoxy) is 1. The number of methoxy groups -OCH3 is 1. The third-order valence-electron chi connectivity index (χ3n) is 5.21. The van der Waals surface area contributed by atoms with E-state index in [4.69, 9.17) is 4.74 Å². The van der Waals surface area contributed by atoms with E-state index in [1.807, 2.05) is 38.1 Å². The second-order valence-corrected chi connectivity index (χ2v) is 9.85. The van der Waals surface area contributed by atoms with E-state index in [-0.39, 0.29) is 12.5 Å². The zero-order chi connectivity index (χ0) is 24.6. The molecule has 0 radical (unpaired) electrons. The van der Waals surface area contributed by atoms with Crippen molar-refractivity contribution < 1.29 is 22.7 Å². The molecular formula is C24H33N3O5S. The Hall–Kier alpha value is -3.07. The Morgan fingerprint density at radius 3 is 2.36 bits per heavy atom. The topological polar surface area (TPSA) is 96.0 Å². The van der Waals surface area contributed by atoms with Crippen LogP contribution in [-0.4, -0.2) is 57.6 Å². The number of carbonyl (C=O) groups excluding carboxylic acids is 2. The number of hydrogen-bond acceptors (Lipinski definition) is 5. The monoisotopic (exact) mass is 475 g/mol. The van der Waals surface area contributed by atoms with E-state index in [9.17, 15) is 18.0 Å². The van der Waals surface area contributed by atoms with Crippen LogP contribution in [0.2, 0.25) is 0 Å². The number of aryl methyl sites for hydroxylation is 1. The van der Waals surface area contributed by atoms with Gasteiger partial charge in [-0.25, -0.2) is 8.42 Å². The van der Waals surface area contributed by atoms with E-state index in [0.29, 0.717) is 18.0 Å². The molecular weight excluding hydrogens is 442 g/mol. The Kier molecular flexibility index (Phi) is 9.28. The van der Waals surface area contributed by atoms with Gasteiger partial charge in [-0.15, -0.1) is 0 Å². The lowest BCUT2D eigenvalue weighted by atomic mass is 10.1. The van der Waals surface area contributed by atoms with Crippen molar-refractivity contribution in [2.75, 3.05) is 30.8 Å². The standard InChI is InChI=1S/C24H33N3O5S/c1-6-14-25-24(29)19(3)26(16-20-12-10-18(2)11-13-20)23(28)17-27(33(5,30)31)21-8-7-9-22(15-21)32-4/h7-13,15,19H,6,14,16-17H2,1-5H3,(H,25,29)/t19-/m0/s1. The van der Waals surface area contributed by atoms with Gasteiger partial charge < -0.3 is 15.0 Å². The van der Waals surface area contributed by atoms with Crippen molar-refractivity contribution in [3.05, 3.63) is 59.7 Å². The van der Waals surface area contributed by atoms with E-state index >= 15 is 0 Å². The molecule has 0 fully saturated rings. The molecule has 0 bridgehead atoms. The van der Waals surface area contributed by atoms with E-state index in [0.717, 1.165) is 28.1 Å². The summed E-state index contributed by atoms with van der Waals surface area (Å²) in [6.45, 7) is 5.78. The van der Waals surface area contributed by atoms with Crippen LogP contribution in [0.5, 0.6) is 5.75 Å². The maximum absolute atomic E-state index is 13.4. The van der Waals surface area contributed by atoms with Gasteiger partial charge in [-0.2, -0.15) is 0 Å². The van der Waals surface area contributed by atoms with Gasteiger partial charge in [0.2, 0.25) is 21.8 Å². The fraction of sp³-hybridized carbons (Fsp3) is 0.417.